The maximum Gasteiger partial charge on any atom is 0.336 e. The second-order valence-electron chi connectivity index (χ2n) is 4.01. The maximum atomic E-state index is 12.3. The Hall–Kier alpha value is -1.44. The van der Waals surface area contributed by atoms with Gasteiger partial charge in [-0.05, 0) is 6.07 Å². The van der Waals surface area contributed by atoms with Crippen LogP contribution in [0.2, 0.25) is 10.3 Å². The molecule has 1 fully saturated rings. The van der Waals surface area contributed by atoms with Crippen LogP contribution in [0.15, 0.2) is 6.07 Å². The zero-order chi connectivity index (χ0) is 14.7. The van der Waals surface area contributed by atoms with Crippen LogP contribution in [0, 0.1) is 0 Å². The fourth-order valence-electron chi connectivity index (χ4n) is 1.78. The monoisotopic (exact) mass is 319 g/mol. The van der Waals surface area contributed by atoms with E-state index in [1.165, 1.54) is 18.1 Å². The van der Waals surface area contributed by atoms with Gasteiger partial charge in [0.15, 0.2) is 16.4 Å². The third-order valence-corrected chi connectivity index (χ3v) is 3.23. The van der Waals surface area contributed by atoms with E-state index in [1.807, 2.05) is 0 Å². The van der Waals surface area contributed by atoms with Gasteiger partial charge < -0.3 is 14.4 Å². The van der Waals surface area contributed by atoms with Crippen LogP contribution in [0.4, 0.5) is 0 Å². The smallest absolute Gasteiger partial charge is 0.336 e. The van der Waals surface area contributed by atoms with Gasteiger partial charge in [-0.1, -0.05) is 23.2 Å². The van der Waals surface area contributed by atoms with Crippen molar-refractivity contribution in [3.05, 3.63) is 21.9 Å². The van der Waals surface area contributed by atoms with Crippen molar-refractivity contribution in [2.75, 3.05) is 26.8 Å². The summed E-state index contributed by atoms with van der Waals surface area (Å²) in [4.78, 5) is 25.2. The van der Waals surface area contributed by atoms with E-state index >= 15 is 0 Å². The van der Waals surface area contributed by atoms with E-state index in [9.17, 15) is 9.59 Å². The molecule has 20 heavy (non-hydrogen) atoms. The van der Waals surface area contributed by atoms with Gasteiger partial charge in [0.05, 0.1) is 25.8 Å². The van der Waals surface area contributed by atoms with Crippen molar-refractivity contribution >= 4 is 35.1 Å². The molecule has 108 valence electrons. The second kappa shape index (κ2) is 6.34. The van der Waals surface area contributed by atoms with E-state index in [0.717, 1.165) is 0 Å². The Morgan fingerprint density at radius 1 is 1.45 bits per heavy atom. The molecule has 1 saturated heterocycles. The molecule has 1 aromatic rings. The Morgan fingerprint density at radius 2 is 2.20 bits per heavy atom. The summed E-state index contributed by atoms with van der Waals surface area (Å²) < 4.78 is 9.84. The molecule has 1 aliphatic rings. The van der Waals surface area contributed by atoms with Crippen LogP contribution in [-0.2, 0) is 14.3 Å². The number of nitrogens with zero attached hydrogens (tertiary/aromatic N) is 3. The summed E-state index contributed by atoms with van der Waals surface area (Å²) >= 11 is 11.5. The molecule has 2 rings (SSSR count). The van der Waals surface area contributed by atoms with Gasteiger partial charge in [-0.25, -0.2) is 4.79 Å². The summed E-state index contributed by atoms with van der Waals surface area (Å²) in [6.07, 6.45) is -0.804. The topological polar surface area (TPSA) is 81.6 Å². The summed E-state index contributed by atoms with van der Waals surface area (Å²) in [6, 6.07) is 1.34. The molecule has 1 amide bonds. The van der Waals surface area contributed by atoms with Crippen LogP contribution in [0.5, 0.6) is 0 Å². The van der Waals surface area contributed by atoms with Gasteiger partial charge in [0.25, 0.3) is 5.91 Å². The average Bonchev–Trinajstić information content (AvgIpc) is 2.48. The first-order valence-corrected chi connectivity index (χ1v) is 6.46. The van der Waals surface area contributed by atoms with Crippen molar-refractivity contribution in [2.24, 2.45) is 0 Å². The molecule has 0 bridgehead atoms. The average molecular weight is 320 g/mol. The highest BCUT2D eigenvalue weighted by Gasteiger charge is 2.31. The highest BCUT2D eigenvalue weighted by atomic mass is 35.5. The van der Waals surface area contributed by atoms with E-state index in [4.69, 9.17) is 27.9 Å². The molecule has 2 heterocycles. The van der Waals surface area contributed by atoms with Crippen molar-refractivity contribution < 1.29 is 19.1 Å². The van der Waals surface area contributed by atoms with Crippen molar-refractivity contribution in [2.45, 2.75) is 6.10 Å². The molecule has 1 aliphatic heterocycles. The predicted octanol–water partition coefficient (Wildman–Crippen LogP) is 0.797. The normalized spacial score (nSPS) is 18.8. The molecular weight excluding hydrogens is 309 g/mol. The summed E-state index contributed by atoms with van der Waals surface area (Å²) in [5, 5.41) is 7.14. The number of halogens is 2. The van der Waals surface area contributed by atoms with Gasteiger partial charge in [-0.15, -0.1) is 10.2 Å². The Kier molecular flexibility index (Phi) is 4.74. The summed E-state index contributed by atoms with van der Waals surface area (Å²) in [6.45, 7) is 0.653. The first-order valence-electron chi connectivity index (χ1n) is 5.70. The molecule has 7 nitrogen and oxygen atoms in total. The molecule has 1 unspecified atom stereocenters. The van der Waals surface area contributed by atoms with Crippen LogP contribution in [-0.4, -0.2) is 59.9 Å². The van der Waals surface area contributed by atoms with Crippen LogP contribution < -0.4 is 0 Å². The lowest BCUT2D eigenvalue weighted by Gasteiger charge is -2.31. The lowest BCUT2D eigenvalue weighted by molar-refractivity contribution is -0.158. The fraction of sp³-hybridized carbons (Fsp3) is 0.455. The Morgan fingerprint density at radius 3 is 2.90 bits per heavy atom. The SMILES string of the molecule is COC(=O)C1CN(C(=O)c2cc(Cl)nnc2Cl)CCO1. The molecule has 0 aromatic carbocycles. The zero-order valence-corrected chi connectivity index (χ0v) is 12.0. The molecule has 0 N–H and O–H groups in total. The third-order valence-electron chi connectivity index (χ3n) is 2.77. The number of rotatable bonds is 2. The van der Waals surface area contributed by atoms with Gasteiger partial charge in [-0.3, -0.25) is 4.79 Å². The molecule has 0 saturated carbocycles. The molecular formula is C11H11Cl2N3O4. The first kappa shape index (κ1) is 15.0. The number of methoxy groups -OCH3 is 1. The van der Waals surface area contributed by atoms with E-state index in [2.05, 4.69) is 14.9 Å². The fourth-order valence-corrected chi connectivity index (χ4v) is 2.10. The second-order valence-corrected chi connectivity index (χ2v) is 4.75. The molecule has 1 aromatic heterocycles. The zero-order valence-electron chi connectivity index (χ0n) is 10.5. The molecule has 0 spiro atoms. The van der Waals surface area contributed by atoms with Crippen molar-refractivity contribution in [1.82, 2.24) is 15.1 Å². The van der Waals surface area contributed by atoms with E-state index in [-0.39, 0.29) is 34.9 Å². The van der Waals surface area contributed by atoms with Crippen molar-refractivity contribution in [3.63, 3.8) is 0 Å². The van der Waals surface area contributed by atoms with Gasteiger partial charge in [0, 0.05) is 6.54 Å². The van der Waals surface area contributed by atoms with Gasteiger partial charge in [0.2, 0.25) is 0 Å². The summed E-state index contributed by atoms with van der Waals surface area (Å²) in [7, 11) is 1.26. The van der Waals surface area contributed by atoms with E-state index in [0.29, 0.717) is 6.54 Å². The largest absolute Gasteiger partial charge is 0.467 e. The van der Waals surface area contributed by atoms with E-state index < -0.39 is 12.1 Å². The number of ether oxygens (including phenoxy) is 2. The first-order chi connectivity index (χ1) is 9.52. The number of carbonyl (C=O) groups excluding carboxylic acids is 2. The van der Waals surface area contributed by atoms with Gasteiger partial charge in [-0.2, -0.15) is 0 Å². The minimum atomic E-state index is -0.804. The number of carbonyl (C=O) groups is 2. The quantitative estimate of drug-likeness (QED) is 0.750. The highest BCUT2D eigenvalue weighted by molar-refractivity contribution is 6.34. The van der Waals surface area contributed by atoms with Gasteiger partial charge >= 0.3 is 5.97 Å². The van der Waals surface area contributed by atoms with Crippen molar-refractivity contribution in [1.29, 1.82) is 0 Å². The van der Waals surface area contributed by atoms with Gasteiger partial charge in [0.1, 0.15) is 0 Å². The van der Waals surface area contributed by atoms with Crippen LogP contribution in [0.25, 0.3) is 0 Å². The van der Waals surface area contributed by atoms with Crippen LogP contribution >= 0.6 is 23.2 Å². The molecule has 1 atom stereocenters. The molecule has 0 radical (unpaired) electrons. The predicted molar refractivity (Wildman–Crippen MR) is 69.7 cm³/mol. The summed E-state index contributed by atoms with van der Waals surface area (Å²) in [5.74, 6) is -0.913. The van der Waals surface area contributed by atoms with E-state index in [1.54, 1.807) is 0 Å². The standard InChI is InChI=1S/C11H11Cl2N3O4/c1-19-11(18)7-5-16(2-3-20-7)10(17)6-4-8(12)14-15-9(6)13/h4,7H,2-3,5H2,1H3. The maximum absolute atomic E-state index is 12.3. The van der Waals surface area contributed by atoms with Crippen molar-refractivity contribution in [3.8, 4) is 0 Å². The highest BCUT2D eigenvalue weighted by Crippen LogP contribution is 2.19. The molecule has 0 aliphatic carbocycles. The molecule has 9 heteroatoms. The number of esters is 1. The number of hydrogen-bond donors (Lipinski definition) is 0. The summed E-state index contributed by atoms with van der Waals surface area (Å²) in [5.41, 5.74) is 0.136. The Bertz CT molecular complexity index is 540. The van der Waals surface area contributed by atoms with Crippen LogP contribution in [0.1, 0.15) is 10.4 Å². The lowest BCUT2D eigenvalue weighted by Crippen LogP contribution is -2.49. The minimum absolute atomic E-state index is 0.0412. The van der Waals surface area contributed by atoms with Crippen LogP contribution in [0.3, 0.4) is 0 Å². The number of amides is 1. The number of hydrogen-bond acceptors (Lipinski definition) is 6. The third kappa shape index (κ3) is 3.17. The Balaban J connectivity index is 2.16. The Labute approximate surface area is 124 Å². The lowest BCUT2D eigenvalue weighted by atomic mass is 10.2. The number of aromatic nitrogens is 2. The number of morpholine rings is 1. The minimum Gasteiger partial charge on any atom is -0.467 e.